The van der Waals surface area contributed by atoms with Crippen molar-refractivity contribution in [2.45, 2.75) is 32.4 Å². The Morgan fingerprint density at radius 1 is 1.16 bits per heavy atom. The summed E-state index contributed by atoms with van der Waals surface area (Å²) >= 11 is 0. The number of nitrogens with zero attached hydrogens (tertiary/aromatic N) is 7. The van der Waals surface area contributed by atoms with Crippen LogP contribution in [0.15, 0.2) is 42.7 Å². The second-order valence-electron chi connectivity index (χ2n) is 8.51. The summed E-state index contributed by atoms with van der Waals surface area (Å²) in [4.78, 5) is 19.7. The molecular formula is C23H23N7O. The highest BCUT2D eigenvalue weighted by atomic mass is 16.2. The zero-order valence-electron chi connectivity index (χ0n) is 17.4. The number of aromatic nitrogens is 6. The third-order valence-corrected chi connectivity index (χ3v) is 6.33. The molecule has 4 heterocycles. The Bertz CT molecular complexity index is 1300. The third kappa shape index (κ3) is 3.19. The number of benzene rings is 1. The van der Waals surface area contributed by atoms with Crippen LogP contribution in [0.3, 0.4) is 0 Å². The minimum atomic E-state index is -0.0503. The van der Waals surface area contributed by atoms with Crippen LogP contribution in [0.2, 0.25) is 0 Å². The molecule has 31 heavy (non-hydrogen) atoms. The minimum Gasteiger partial charge on any atom is -0.332 e. The average molecular weight is 413 g/mol. The van der Waals surface area contributed by atoms with E-state index in [1.165, 1.54) is 12.8 Å². The lowest BCUT2D eigenvalue weighted by molar-refractivity contribution is 0.0728. The number of hydrogen-bond acceptors (Lipinski definition) is 5. The summed E-state index contributed by atoms with van der Waals surface area (Å²) in [5.74, 6) is 1.46. The first-order valence-corrected chi connectivity index (χ1v) is 10.8. The second kappa shape index (κ2) is 7.01. The fourth-order valence-corrected chi connectivity index (χ4v) is 4.44. The number of carbonyl (C=O) groups is 1. The molecule has 156 valence electrons. The number of para-hydroxylation sites is 1. The molecule has 3 aromatic heterocycles. The van der Waals surface area contributed by atoms with E-state index in [1.807, 2.05) is 53.0 Å². The topological polar surface area (TPSA) is 81.7 Å². The van der Waals surface area contributed by atoms with Gasteiger partial charge in [0.2, 0.25) is 0 Å². The van der Waals surface area contributed by atoms with E-state index in [2.05, 4.69) is 19.7 Å². The van der Waals surface area contributed by atoms with Crippen molar-refractivity contribution >= 4 is 16.8 Å². The van der Waals surface area contributed by atoms with E-state index < -0.39 is 0 Å². The third-order valence-electron chi connectivity index (χ3n) is 6.33. The lowest BCUT2D eigenvalue weighted by Gasteiger charge is -2.27. The first-order valence-electron chi connectivity index (χ1n) is 10.8. The maximum Gasteiger partial charge on any atom is 0.272 e. The molecule has 1 aliphatic carbocycles. The summed E-state index contributed by atoms with van der Waals surface area (Å²) in [6.07, 6.45) is 5.08. The summed E-state index contributed by atoms with van der Waals surface area (Å²) in [5, 5.41) is 14.3. The predicted molar refractivity (Wildman–Crippen MR) is 115 cm³/mol. The molecule has 1 amide bonds. The summed E-state index contributed by atoms with van der Waals surface area (Å²) in [7, 11) is 1.96. The van der Waals surface area contributed by atoms with Gasteiger partial charge in [0.1, 0.15) is 17.7 Å². The predicted octanol–water partition coefficient (Wildman–Crippen LogP) is 2.84. The Morgan fingerprint density at radius 3 is 2.90 bits per heavy atom. The van der Waals surface area contributed by atoms with Crippen molar-refractivity contribution in [3.63, 3.8) is 0 Å². The van der Waals surface area contributed by atoms with Crippen LogP contribution in [0.5, 0.6) is 0 Å². The smallest absolute Gasteiger partial charge is 0.272 e. The van der Waals surface area contributed by atoms with Gasteiger partial charge in [-0.1, -0.05) is 24.3 Å². The molecule has 1 fully saturated rings. The van der Waals surface area contributed by atoms with Gasteiger partial charge in [-0.15, -0.1) is 10.2 Å². The molecule has 0 N–H and O–H groups in total. The SMILES string of the molecule is Cn1nc(-c2nncn2CC2CC2)c2c1CCN(C(=O)c1ccc3ccccc3n1)C2. The number of hydrogen-bond donors (Lipinski definition) is 0. The van der Waals surface area contributed by atoms with E-state index in [4.69, 9.17) is 5.10 Å². The van der Waals surface area contributed by atoms with Crippen LogP contribution in [0.4, 0.5) is 0 Å². The van der Waals surface area contributed by atoms with Crippen molar-refractivity contribution in [3.8, 4) is 11.5 Å². The summed E-state index contributed by atoms with van der Waals surface area (Å²) in [6, 6.07) is 11.6. The van der Waals surface area contributed by atoms with Crippen molar-refractivity contribution in [3.05, 3.63) is 59.7 Å². The van der Waals surface area contributed by atoms with Gasteiger partial charge in [-0.05, 0) is 30.9 Å². The van der Waals surface area contributed by atoms with Crippen molar-refractivity contribution in [2.24, 2.45) is 13.0 Å². The maximum absolute atomic E-state index is 13.3. The standard InChI is InChI=1S/C23H23N7O/c1-28-20-10-11-29(23(31)19-9-8-16-4-2-3-5-18(16)25-19)13-17(20)21(27-28)22-26-24-14-30(22)12-15-6-7-15/h2-5,8-9,14-15H,6-7,10-13H2,1H3. The van der Waals surface area contributed by atoms with Gasteiger partial charge < -0.3 is 9.47 Å². The Morgan fingerprint density at radius 2 is 2.03 bits per heavy atom. The molecule has 0 radical (unpaired) electrons. The first-order chi connectivity index (χ1) is 15.2. The zero-order valence-corrected chi connectivity index (χ0v) is 17.4. The maximum atomic E-state index is 13.3. The molecule has 1 saturated carbocycles. The van der Waals surface area contributed by atoms with Gasteiger partial charge in [0.05, 0.1) is 12.1 Å². The van der Waals surface area contributed by atoms with Gasteiger partial charge in [0.15, 0.2) is 5.82 Å². The molecule has 6 rings (SSSR count). The molecule has 0 atom stereocenters. The molecule has 0 spiro atoms. The Balaban J connectivity index is 1.32. The molecule has 8 heteroatoms. The Labute approximate surface area is 179 Å². The van der Waals surface area contributed by atoms with E-state index >= 15 is 0 Å². The quantitative estimate of drug-likeness (QED) is 0.514. The van der Waals surface area contributed by atoms with Crippen molar-refractivity contribution in [2.75, 3.05) is 6.54 Å². The largest absolute Gasteiger partial charge is 0.332 e. The van der Waals surface area contributed by atoms with E-state index in [1.54, 1.807) is 6.33 Å². The molecular weight excluding hydrogens is 390 g/mol. The van der Waals surface area contributed by atoms with Gasteiger partial charge in [0.25, 0.3) is 5.91 Å². The molecule has 4 aromatic rings. The Hall–Kier alpha value is -3.55. The van der Waals surface area contributed by atoms with Gasteiger partial charge in [-0.3, -0.25) is 9.48 Å². The number of amides is 1. The van der Waals surface area contributed by atoms with Crippen LogP contribution < -0.4 is 0 Å². The average Bonchev–Trinajstić information content (AvgIpc) is 3.41. The van der Waals surface area contributed by atoms with Gasteiger partial charge >= 0.3 is 0 Å². The zero-order chi connectivity index (χ0) is 20.9. The highest BCUT2D eigenvalue weighted by molar-refractivity contribution is 5.95. The van der Waals surface area contributed by atoms with Crippen molar-refractivity contribution < 1.29 is 4.79 Å². The number of fused-ring (bicyclic) bond motifs is 2. The monoisotopic (exact) mass is 413 g/mol. The highest BCUT2D eigenvalue weighted by Gasteiger charge is 2.31. The lowest BCUT2D eigenvalue weighted by atomic mass is 10.0. The summed E-state index contributed by atoms with van der Waals surface area (Å²) in [5.41, 5.74) is 4.37. The van der Waals surface area contributed by atoms with Crippen molar-refractivity contribution in [1.82, 2.24) is 34.4 Å². The van der Waals surface area contributed by atoms with Crippen LogP contribution in [-0.4, -0.2) is 46.9 Å². The van der Waals surface area contributed by atoms with Crippen LogP contribution in [0.25, 0.3) is 22.4 Å². The first kappa shape index (κ1) is 18.2. The van der Waals surface area contributed by atoms with Gasteiger partial charge in [0, 0.05) is 43.2 Å². The molecule has 1 aliphatic heterocycles. The molecule has 0 unspecified atom stereocenters. The van der Waals surface area contributed by atoms with Crippen LogP contribution in [-0.2, 0) is 26.6 Å². The Kier molecular flexibility index (Phi) is 4.12. The molecule has 1 aromatic carbocycles. The van der Waals surface area contributed by atoms with Crippen LogP contribution in [0.1, 0.15) is 34.6 Å². The van der Waals surface area contributed by atoms with Crippen molar-refractivity contribution in [1.29, 1.82) is 0 Å². The number of carbonyl (C=O) groups excluding carboxylic acids is 1. The fourth-order valence-electron chi connectivity index (χ4n) is 4.44. The summed E-state index contributed by atoms with van der Waals surface area (Å²) < 4.78 is 4.03. The summed E-state index contributed by atoms with van der Waals surface area (Å²) in [6.45, 7) is 2.08. The van der Waals surface area contributed by atoms with Crippen LogP contribution >= 0.6 is 0 Å². The number of aryl methyl sites for hydroxylation is 1. The van der Waals surface area contributed by atoms with Crippen LogP contribution in [0, 0.1) is 5.92 Å². The van der Waals surface area contributed by atoms with Gasteiger partial charge in [-0.25, -0.2) is 4.98 Å². The van der Waals surface area contributed by atoms with Gasteiger partial charge in [-0.2, -0.15) is 5.10 Å². The molecule has 8 nitrogen and oxygen atoms in total. The van der Waals surface area contributed by atoms with E-state index in [0.29, 0.717) is 24.7 Å². The number of pyridine rings is 1. The van der Waals surface area contributed by atoms with E-state index in [0.717, 1.165) is 46.6 Å². The second-order valence-corrected chi connectivity index (χ2v) is 8.51. The highest BCUT2D eigenvalue weighted by Crippen LogP contribution is 2.33. The van der Waals surface area contributed by atoms with E-state index in [9.17, 15) is 4.79 Å². The molecule has 0 bridgehead atoms. The van der Waals surface area contributed by atoms with E-state index in [-0.39, 0.29) is 5.91 Å². The lowest BCUT2D eigenvalue weighted by Crippen LogP contribution is -2.36. The fraction of sp³-hybridized carbons (Fsp3) is 0.348. The normalized spacial score (nSPS) is 16.0. The number of rotatable bonds is 4. The molecule has 2 aliphatic rings. The molecule has 0 saturated heterocycles. The minimum absolute atomic E-state index is 0.0503.